The zero-order chi connectivity index (χ0) is 12.0. The quantitative estimate of drug-likeness (QED) is 0.579. The smallest absolute Gasteiger partial charge is 0.320 e. The van der Waals surface area contributed by atoms with Crippen LogP contribution >= 0.6 is 0 Å². The first-order valence-corrected chi connectivity index (χ1v) is 6.52. The molecule has 3 heteroatoms. The molecule has 0 saturated heterocycles. The average molecular weight is 227 g/mol. The van der Waals surface area contributed by atoms with Crippen molar-refractivity contribution < 1.29 is 9.53 Å². The Balaban J connectivity index is 2.22. The summed E-state index contributed by atoms with van der Waals surface area (Å²) in [5, 5.41) is 3.07. The summed E-state index contributed by atoms with van der Waals surface area (Å²) in [4.78, 5) is 11.5. The van der Waals surface area contributed by atoms with E-state index in [2.05, 4.69) is 26.1 Å². The highest BCUT2D eigenvalue weighted by Gasteiger charge is 2.26. The Hall–Kier alpha value is -0.570. The Kier molecular flexibility index (Phi) is 5.81. The molecule has 0 aromatic heterocycles. The molecule has 2 unspecified atom stereocenters. The number of ether oxygens (including phenoxy) is 1. The minimum atomic E-state index is -0.0975. The Bertz CT molecular complexity index is 208. The van der Waals surface area contributed by atoms with Crippen molar-refractivity contribution in [1.29, 1.82) is 0 Å². The third-order valence-corrected chi connectivity index (χ3v) is 3.13. The number of hydrogen-bond acceptors (Lipinski definition) is 3. The van der Waals surface area contributed by atoms with Gasteiger partial charge >= 0.3 is 5.97 Å². The molecule has 1 saturated carbocycles. The SMILES string of the molecule is CCCNCC(=O)OC1CC(C)CC(C)C1. The first kappa shape index (κ1) is 13.5. The lowest BCUT2D eigenvalue weighted by Gasteiger charge is -2.31. The Morgan fingerprint density at radius 2 is 1.88 bits per heavy atom. The topological polar surface area (TPSA) is 38.3 Å². The monoisotopic (exact) mass is 227 g/mol. The zero-order valence-electron chi connectivity index (χ0n) is 10.8. The predicted octanol–water partition coefficient (Wildman–Crippen LogP) is 2.35. The van der Waals surface area contributed by atoms with Crippen molar-refractivity contribution in [3.05, 3.63) is 0 Å². The first-order chi connectivity index (χ1) is 7.61. The van der Waals surface area contributed by atoms with E-state index >= 15 is 0 Å². The first-order valence-electron chi connectivity index (χ1n) is 6.52. The van der Waals surface area contributed by atoms with Gasteiger partial charge in [0.2, 0.25) is 0 Å². The van der Waals surface area contributed by atoms with Crippen molar-refractivity contribution in [3.8, 4) is 0 Å². The molecule has 2 atom stereocenters. The van der Waals surface area contributed by atoms with E-state index in [4.69, 9.17) is 4.74 Å². The molecular weight excluding hydrogens is 202 g/mol. The molecule has 0 aromatic carbocycles. The van der Waals surface area contributed by atoms with Gasteiger partial charge in [-0.2, -0.15) is 0 Å². The van der Waals surface area contributed by atoms with Gasteiger partial charge in [-0.1, -0.05) is 20.8 Å². The fourth-order valence-electron chi connectivity index (χ4n) is 2.56. The van der Waals surface area contributed by atoms with Crippen LogP contribution in [-0.4, -0.2) is 25.2 Å². The second-order valence-electron chi connectivity index (χ2n) is 5.21. The standard InChI is InChI=1S/C13H25NO2/c1-4-5-14-9-13(15)16-12-7-10(2)6-11(3)8-12/h10-12,14H,4-9H2,1-3H3. The largest absolute Gasteiger partial charge is 0.461 e. The van der Waals surface area contributed by atoms with Crippen LogP contribution in [0.3, 0.4) is 0 Å². The molecule has 94 valence electrons. The summed E-state index contributed by atoms with van der Waals surface area (Å²) < 4.78 is 5.48. The van der Waals surface area contributed by atoms with Gasteiger partial charge in [-0.05, 0) is 44.1 Å². The molecule has 0 radical (unpaired) electrons. The van der Waals surface area contributed by atoms with E-state index in [1.165, 1.54) is 6.42 Å². The summed E-state index contributed by atoms with van der Waals surface area (Å²) in [7, 11) is 0. The van der Waals surface area contributed by atoms with Crippen LogP contribution in [0.1, 0.15) is 46.5 Å². The fraction of sp³-hybridized carbons (Fsp3) is 0.923. The van der Waals surface area contributed by atoms with Crippen molar-refractivity contribution in [2.45, 2.75) is 52.6 Å². The van der Waals surface area contributed by atoms with E-state index in [9.17, 15) is 4.79 Å². The van der Waals surface area contributed by atoms with E-state index < -0.39 is 0 Å². The highest BCUT2D eigenvalue weighted by molar-refractivity contribution is 5.71. The molecule has 16 heavy (non-hydrogen) atoms. The van der Waals surface area contributed by atoms with Crippen LogP contribution in [-0.2, 0) is 9.53 Å². The van der Waals surface area contributed by atoms with Crippen LogP contribution in [0.25, 0.3) is 0 Å². The predicted molar refractivity (Wildman–Crippen MR) is 65.2 cm³/mol. The number of nitrogens with one attached hydrogen (secondary N) is 1. The van der Waals surface area contributed by atoms with E-state index in [1.54, 1.807) is 0 Å². The van der Waals surface area contributed by atoms with Crippen molar-refractivity contribution >= 4 is 5.97 Å². The molecule has 0 spiro atoms. The van der Waals surface area contributed by atoms with Gasteiger partial charge in [-0.3, -0.25) is 4.79 Å². The molecule has 0 bridgehead atoms. The molecule has 0 aliphatic heterocycles. The summed E-state index contributed by atoms with van der Waals surface area (Å²) in [5.41, 5.74) is 0. The van der Waals surface area contributed by atoms with Gasteiger partial charge in [-0.25, -0.2) is 0 Å². The molecule has 1 N–H and O–H groups in total. The van der Waals surface area contributed by atoms with Gasteiger partial charge in [0.25, 0.3) is 0 Å². The van der Waals surface area contributed by atoms with Crippen molar-refractivity contribution in [2.75, 3.05) is 13.1 Å². The fourth-order valence-corrected chi connectivity index (χ4v) is 2.56. The lowest BCUT2D eigenvalue weighted by Crippen LogP contribution is -2.32. The van der Waals surface area contributed by atoms with Crippen molar-refractivity contribution in [2.24, 2.45) is 11.8 Å². The van der Waals surface area contributed by atoms with Crippen LogP contribution in [0.2, 0.25) is 0 Å². The third kappa shape index (κ3) is 4.97. The van der Waals surface area contributed by atoms with Gasteiger partial charge in [-0.15, -0.1) is 0 Å². The molecule has 1 aliphatic carbocycles. The molecule has 0 amide bonds. The van der Waals surface area contributed by atoms with E-state index in [1.807, 2.05) is 0 Å². The molecule has 0 heterocycles. The molecule has 1 aliphatic rings. The van der Waals surface area contributed by atoms with Crippen LogP contribution in [0, 0.1) is 11.8 Å². The molecular formula is C13H25NO2. The van der Waals surface area contributed by atoms with Crippen molar-refractivity contribution in [3.63, 3.8) is 0 Å². The summed E-state index contributed by atoms with van der Waals surface area (Å²) in [6.07, 6.45) is 4.52. The summed E-state index contributed by atoms with van der Waals surface area (Å²) in [6, 6.07) is 0. The van der Waals surface area contributed by atoms with E-state index in [0.717, 1.165) is 25.8 Å². The minimum Gasteiger partial charge on any atom is -0.461 e. The Morgan fingerprint density at radius 3 is 2.44 bits per heavy atom. The lowest BCUT2D eigenvalue weighted by atomic mass is 9.82. The van der Waals surface area contributed by atoms with Crippen molar-refractivity contribution in [1.82, 2.24) is 5.32 Å². The van der Waals surface area contributed by atoms with E-state index in [-0.39, 0.29) is 12.1 Å². The van der Waals surface area contributed by atoms with Crippen LogP contribution in [0.15, 0.2) is 0 Å². The van der Waals surface area contributed by atoms with Gasteiger partial charge in [0.15, 0.2) is 0 Å². The van der Waals surface area contributed by atoms with Crippen LogP contribution in [0.4, 0.5) is 0 Å². The summed E-state index contributed by atoms with van der Waals surface area (Å²) >= 11 is 0. The maximum Gasteiger partial charge on any atom is 0.320 e. The molecule has 0 aromatic rings. The molecule has 3 nitrogen and oxygen atoms in total. The number of carbonyl (C=O) groups is 1. The third-order valence-electron chi connectivity index (χ3n) is 3.13. The molecule has 1 rings (SSSR count). The normalized spacial score (nSPS) is 30.1. The highest BCUT2D eigenvalue weighted by Crippen LogP contribution is 2.30. The lowest BCUT2D eigenvalue weighted by molar-refractivity contribution is -0.150. The summed E-state index contributed by atoms with van der Waals surface area (Å²) in [5.74, 6) is 1.27. The second kappa shape index (κ2) is 6.89. The number of esters is 1. The van der Waals surface area contributed by atoms with Gasteiger partial charge in [0.1, 0.15) is 6.10 Å². The molecule has 1 fully saturated rings. The van der Waals surface area contributed by atoms with Gasteiger partial charge in [0, 0.05) is 0 Å². The Morgan fingerprint density at radius 1 is 1.25 bits per heavy atom. The highest BCUT2D eigenvalue weighted by atomic mass is 16.5. The maximum atomic E-state index is 11.5. The zero-order valence-corrected chi connectivity index (χ0v) is 10.8. The van der Waals surface area contributed by atoms with Crippen LogP contribution in [0.5, 0.6) is 0 Å². The van der Waals surface area contributed by atoms with Gasteiger partial charge < -0.3 is 10.1 Å². The Labute approximate surface area is 98.9 Å². The summed E-state index contributed by atoms with van der Waals surface area (Å²) in [6.45, 7) is 7.81. The maximum absolute atomic E-state index is 11.5. The second-order valence-corrected chi connectivity index (χ2v) is 5.21. The number of rotatable bonds is 5. The van der Waals surface area contributed by atoms with E-state index in [0.29, 0.717) is 18.4 Å². The average Bonchev–Trinajstić information content (AvgIpc) is 2.16. The number of carbonyl (C=O) groups excluding carboxylic acids is 1. The minimum absolute atomic E-state index is 0.0975. The van der Waals surface area contributed by atoms with Crippen LogP contribution < -0.4 is 5.32 Å². The van der Waals surface area contributed by atoms with Gasteiger partial charge in [0.05, 0.1) is 6.54 Å². The number of hydrogen-bond donors (Lipinski definition) is 1.